The zero-order valence-electron chi connectivity index (χ0n) is 15.0. The molecule has 0 bridgehead atoms. The molecule has 26 heavy (non-hydrogen) atoms. The molecule has 1 N–H and O–H groups in total. The molecule has 0 aliphatic rings. The lowest BCUT2D eigenvalue weighted by Gasteiger charge is -2.14. The average molecular weight is 348 g/mol. The molecule has 1 amide bonds. The Morgan fingerprint density at radius 1 is 1.12 bits per heavy atom. The fourth-order valence-electron chi connectivity index (χ4n) is 2.88. The van der Waals surface area contributed by atoms with E-state index >= 15 is 0 Å². The number of ether oxygens (including phenoxy) is 1. The number of hydrogen-bond acceptors (Lipinski definition) is 5. The second-order valence-corrected chi connectivity index (χ2v) is 5.90. The molecule has 2 heterocycles. The highest BCUT2D eigenvalue weighted by atomic mass is 16.5. The van der Waals surface area contributed by atoms with Crippen molar-refractivity contribution >= 4 is 5.91 Å². The van der Waals surface area contributed by atoms with Gasteiger partial charge in [-0.3, -0.25) is 9.78 Å². The number of aromatic nitrogens is 3. The van der Waals surface area contributed by atoms with Crippen molar-refractivity contribution in [1.29, 1.82) is 0 Å². The van der Waals surface area contributed by atoms with Crippen molar-refractivity contribution in [2.45, 2.75) is 20.4 Å². The maximum absolute atomic E-state index is 12.7. The van der Waals surface area contributed by atoms with E-state index in [1.165, 1.54) is 6.33 Å². The van der Waals surface area contributed by atoms with Crippen LogP contribution in [0.25, 0.3) is 11.1 Å². The third-order valence-electron chi connectivity index (χ3n) is 4.21. The van der Waals surface area contributed by atoms with Gasteiger partial charge in [0.25, 0.3) is 5.91 Å². The first-order valence-electron chi connectivity index (χ1n) is 8.23. The van der Waals surface area contributed by atoms with Gasteiger partial charge in [-0.1, -0.05) is 18.2 Å². The average Bonchev–Trinajstić information content (AvgIpc) is 2.68. The van der Waals surface area contributed by atoms with Gasteiger partial charge in [-0.15, -0.1) is 0 Å². The number of carbonyl (C=O) groups excluding carboxylic acids is 1. The van der Waals surface area contributed by atoms with Crippen LogP contribution in [0.5, 0.6) is 5.75 Å². The molecule has 0 fully saturated rings. The van der Waals surface area contributed by atoms with Crippen LogP contribution in [0.4, 0.5) is 0 Å². The molecule has 1 aromatic carbocycles. The Balaban J connectivity index is 1.82. The smallest absolute Gasteiger partial charge is 0.252 e. The molecule has 0 aliphatic heterocycles. The van der Waals surface area contributed by atoms with E-state index in [2.05, 4.69) is 20.3 Å². The van der Waals surface area contributed by atoms with Crippen LogP contribution in [0, 0.1) is 13.8 Å². The molecular weight excluding hydrogens is 328 g/mol. The quantitative estimate of drug-likeness (QED) is 0.767. The Morgan fingerprint density at radius 2 is 1.85 bits per heavy atom. The van der Waals surface area contributed by atoms with Crippen LogP contribution in [0.3, 0.4) is 0 Å². The van der Waals surface area contributed by atoms with Gasteiger partial charge in [0.2, 0.25) is 0 Å². The summed E-state index contributed by atoms with van der Waals surface area (Å²) >= 11 is 0. The summed E-state index contributed by atoms with van der Waals surface area (Å²) in [6, 6.07) is 7.38. The predicted molar refractivity (Wildman–Crippen MR) is 98.9 cm³/mol. The predicted octanol–water partition coefficient (Wildman–Crippen LogP) is 3.09. The lowest BCUT2D eigenvalue weighted by atomic mass is 10.0. The number of benzene rings is 1. The van der Waals surface area contributed by atoms with Crippen LogP contribution in [0.2, 0.25) is 0 Å². The number of aryl methyl sites for hydroxylation is 1. The number of nitrogens with zero attached hydrogens (tertiary/aromatic N) is 3. The van der Waals surface area contributed by atoms with Crippen LogP contribution in [0.15, 0.2) is 49.2 Å². The summed E-state index contributed by atoms with van der Waals surface area (Å²) in [5, 5.41) is 2.94. The highest BCUT2D eigenvalue weighted by Crippen LogP contribution is 2.25. The minimum absolute atomic E-state index is 0.176. The zero-order valence-corrected chi connectivity index (χ0v) is 15.0. The largest absolute Gasteiger partial charge is 0.496 e. The van der Waals surface area contributed by atoms with Crippen molar-refractivity contribution in [2.75, 3.05) is 7.11 Å². The third-order valence-corrected chi connectivity index (χ3v) is 4.21. The lowest BCUT2D eigenvalue weighted by molar-refractivity contribution is 0.0951. The third kappa shape index (κ3) is 3.54. The first-order chi connectivity index (χ1) is 12.6. The molecule has 0 aliphatic carbocycles. The second kappa shape index (κ2) is 7.74. The Bertz CT molecular complexity index is 926. The topological polar surface area (TPSA) is 77.0 Å². The molecule has 3 rings (SSSR count). The monoisotopic (exact) mass is 348 g/mol. The fourth-order valence-corrected chi connectivity index (χ4v) is 2.88. The van der Waals surface area contributed by atoms with Crippen molar-refractivity contribution in [3.63, 3.8) is 0 Å². The normalized spacial score (nSPS) is 10.4. The van der Waals surface area contributed by atoms with E-state index in [-0.39, 0.29) is 5.91 Å². The van der Waals surface area contributed by atoms with E-state index in [0.717, 1.165) is 33.7 Å². The van der Waals surface area contributed by atoms with Gasteiger partial charge in [-0.05, 0) is 25.5 Å². The molecule has 0 saturated carbocycles. The Kier molecular flexibility index (Phi) is 5.22. The molecule has 132 valence electrons. The molecular formula is C20H20N4O2. The van der Waals surface area contributed by atoms with E-state index in [0.29, 0.717) is 12.1 Å². The summed E-state index contributed by atoms with van der Waals surface area (Å²) in [4.78, 5) is 25.2. The molecule has 2 aromatic heterocycles. The van der Waals surface area contributed by atoms with Crippen LogP contribution < -0.4 is 10.1 Å². The van der Waals surface area contributed by atoms with Gasteiger partial charge < -0.3 is 10.1 Å². The summed E-state index contributed by atoms with van der Waals surface area (Å²) in [5.74, 6) is 0.622. The molecule has 0 unspecified atom stereocenters. The van der Waals surface area contributed by atoms with Crippen molar-refractivity contribution in [3.8, 4) is 16.9 Å². The Labute approximate surface area is 152 Å². The molecule has 6 heteroatoms. The number of nitrogens with one attached hydrogen (secondary N) is 1. The molecule has 0 atom stereocenters. The van der Waals surface area contributed by atoms with Gasteiger partial charge in [0.15, 0.2) is 0 Å². The zero-order chi connectivity index (χ0) is 18.5. The lowest BCUT2D eigenvalue weighted by Crippen LogP contribution is -2.24. The summed E-state index contributed by atoms with van der Waals surface area (Å²) in [7, 11) is 1.63. The van der Waals surface area contributed by atoms with E-state index in [4.69, 9.17) is 4.74 Å². The van der Waals surface area contributed by atoms with Crippen molar-refractivity contribution in [2.24, 2.45) is 0 Å². The van der Waals surface area contributed by atoms with Gasteiger partial charge in [-0.25, -0.2) is 9.97 Å². The summed E-state index contributed by atoms with van der Waals surface area (Å²) in [5.41, 5.74) is 4.83. The van der Waals surface area contributed by atoms with Crippen LogP contribution >= 0.6 is 0 Å². The van der Waals surface area contributed by atoms with E-state index in [1.807, 2.05) is 32.0 Å². The van der Waals surface area contributed by atoms with Crippen molar-refractivity contribution < 1.29 is 9.53 Å². The molecule has 3 aromatic rings. The van der Waals surface area contributed by atoms with Gasteiger partial charge >= 0.3 is 0 Å². The number of pyridine rings is 1. The molecule has 0 spiro atoms. The van der Waals surface area contributed by atoms with Crippen molar-refractivity contribution in [1.82, 2.24) is 20.3 Å². The SMILES string of the molecule is COc1c(C)cnc(CNC(=O)c2ccccc2-c2cncnc2)c1C. The minimum atomic E-state index is -0.176. The number of rotatable bonds is 5. The number of amides is 1. The van der Waals surface area contributed by atoms with Gasteiger partial charge in [0, 0.05) is 40.8 Å². The van der Waals surface area contributed by atoms with E-state index in [1.54, 1.807) is 31.8 Å². The first kappa shape index (κ1) is 17.5. The van der Waals surface area contributed by atoms with Gasteiger partial charge in [-0.2, -0.15) is 0 Å². The second-order valence-electron chi connectivity index (χ2n) is 5.90. The fraction of sp³-hybridized carbons (Fsp3) is 0.200. The van der Waals surface area contributed by atoms with Crippen LogP contribution in [0.1, 0.15) is 27.2 Å². The molecule has 0 radical (unpaired) electrons. The minimum Gasteiger partial charge on any atom is -0.496 e. The summed E-state index contributed by atoms with van der Waals surface area (Å²) in [6.45, 7) is 4.20. The molecule has 0 saturated heterocycles. The van der Waals surface area contributed by atoms with Gasteiger partial charge in [0.1, 0.15) is 12.1 Å². The molecule has 6 nitrogen and oxygen atoms in total. The van der Waals surface area contributed by atoms with E-state index in [9.17, 15) is 4.79 Å². The Morgan fingerprint density at radius 3 is 2.58 bits per heavy atom. The Hall–Kier alpha value is -3.28. The van der Waals surface area contributed by atoms with Crippen LogP contribution in [-0.4, -0.2) is 28.0 Å². The number of hydrogen-bond donors (Lipinski definition) is 1. The first-order valence-corrected chi connectivity index (χ1v) is 8.23. The summed E-state index contributed by atoms with van der Waals surface area (Å²) < 4.78 is 5.42. The van der Waals surface area contributed by atoms with E-state index < -0.39 is 0 Å². The summed E-state index contributed by atoms with van der Waals surface area (Å²) in [6.07, 6.45) is 6.60. The maximum atomic E-state index is 12.7. The standard InChI is InChI=1S/C20H20N4O2/c1-13-8-23-18(14(2)19(13)26-3)11-24-20(25)17-7-5-4-6-16(17)15-9-21-12-22-10-15/h4-10,12H,11H2,1-3H3,(H,24,25). The highest BCUT2D eigenvalue weighted by molar-refractivity contribution is 6.00. The van der Waals surface area contributed by atoms with Gasteiger partial charge in [0.05, 0.1) is 19.3 Å². The number of methoxy groups -OCH3 is 1. The van der Waals surface area contributed by atoms with Crippen LogP contribution in [-0.2, 0) is 6.54 Å². The maximum Gasteiger partial charge on any atom is 0.252 e. The van der Waals surface area contributed by atoms with Crippen molar-refractivity contribution in [3.05, 3.63) is 71.6 Å². The number of carbonyl (C=O) groups is 1. The highest BCUT2D eigenvalue weighted by Gasteiger charge is 2.14.